The molecule has 0 aromatic rings. The van der Waals surface area contributed by atoms with E-state index in [2.05, 4.69) is 27.7 Å². The minimum absolute atomic E-state index is 0.0599. The maximum atomic E-state index is 11.8. The highest BCUT2D eigenvalue weighted by Gasteiger charge is 2.12. The van der Waals surface area contributed by atoms with E-state index in [1.54, 1.807) is 0 Å². The highest BCUT2D eigenvalue weighted by molar-refractivity contribution is 8.00. The number of thioether (sulfide) groups is 1. The van der Waals surface area contributed by atoms with Crippen LogP contribution in [0, 0.1) is 11.8 Å². The molecule has 0 aliphatic heterocycles. The van der Waals surface area contributed by atoms with Crippen molar-refractivity contribution in [3.63, 3.8) is 0 Å². The monoisotopic (exact) mass is 360 g/mol. The first-order valence-corrected chi connectivity index (χ1v) is 10.9. The molecular weight excluding hydrogens is 320 g/mol. The number of carbonyl (C=O) groups is 1. The van der Waals surface area contributed by atoms with Crippen molar-refractivity contribution < 1.29 is 14.3 Å². The van der Waals surface area contributed by atoms with Crippen molar-refractivity contribution in [2.75, 3.05) is 19.0 Å². The summed E-state index contributed by atoms with van der Waals surface area (Å²) in [6.45, 7) is 12.3. The van der Waals surface area contributed by atoms with E-state index in [1.807, 2.05) is 6.92 Å². The standard InChI is InChI=1S/C20H40O3S/c1-6-8-13-19(7-2)15-23-20(21)16-24-18(5)22-14-11-9-10-12-17(3)4/h17-19H,6-16H2,1-5H3. The first kappa shape index (κ1) is 23.8. The Labute approximate surface area is 154 Å². The largest absolute Gasteiger partial charge is 0.465 e. The van der Waals surface area contributed by atoms with E-state index < -0.39 is 0 Å². The third-order valence-corrected chi connectivity index (χ3v) is 5.25. The van der Waals surface area contributed by atoms with Gasteiger partial charge in [0.2, 0.25) is 0 Å². The van der Waals surface area contributed by atoms with Crippen molar-refractivity contribution in [3.8, 4) is 0 Å². The molecule has 0 saturated heterocycles. The van der Waals surface area contributed by atoms with Crippen LogP contribution in [0.2, 0.25) is 0 Å². The molecule has 0 amide bonds. The van der Waals surface area contributed by atoms with Crippen LogP contribution >= 0.6 is 11.8 Å². The third kappa shape index (κ3) is 15.3. The number of esters is 1. The molecule has 3 nitrogen and oxygen atoms in total. The average Bonchev–Trinajstić information content (AvgIpc) is 2.56. The number of rotatable bonds is 16. The average molecular weight is 361 g/mol. The summed E-state index contributed by atoms with van der Waals surface area (Å²) in [7, 11) is 0. The summed E-state index contributed by atoms with van der Waals surface area (Å²) in [5.41, 5.74) is 0.0599. The number of hydrogen-bond donors (Lipinski definition) is 0. The molecule has 24 heavy (non-hydrogen) atoms. The van der Waals surface area contributed by atoms with Gasteiger partial charge in [0.15, 0.2) is 0 Å². The minimum Gasteiger partial charge on any atom is -0.465 e. The SMILES string of the molecule is CCCCC(CC)COC(=O)CSC(C)OCCCCCC(C)C. The van der Waals surface area contributed by atoms with Crippen LogP contribution in [-0.2, 0) is 14.3 Å². The lowest BCUT2D eigenvalue weighted by molar-refractivity contribution is -0.141. The van der Waals surface area contributed by atoms with Gasteiger partial charge in [-0.1, -0.05) is 66.2 Å². The van der Waals surface area contributed by atoms with Gasteiger partial charge in [-0.15, -0.1) is 11.8 Å². The second-order valence-corrected chi connectivity index (χ2v) is 8.38. The number of hydrogen-bond acceptors (Lipinski definition) is 4. The lowest BCUT2D eigenvalue weighted by Gasteiger charge is -2.16. The first-order valence-electron chi connectivity index (χ1n) is 9.88. The number of unbranched alkanes of at least 4 members (excludes halogenated alkanes) is 3. The maximum absolute atomic E-state index is 11.8. The second kappa shape index (κ2) is 16.3. The van der Waals surface area contributed by atoms with Crippen molar-refractivity contribution in [1.29, 1.82) is 0 Å². The van der Waals surface area contributed by atoms with Crippen LogP contribution in [0.4, 0.5) is 0 Å². The summed E-state index contributed by atoms with van der Waals surface area (Å²) in [5, 5.41) is 0. The summed E-state index contributed by atoms with van der Waals surface area (Å²) in [6, 6.07) is 0. The van der Waals surface area contributed by atoms with Gasteiger partial charge in [-0.25, -0.2) is 0 Å². The quantitative estimate of drug-likeness (QED) is 0.190. The molecule has 2 unspecified atom stereocenters. The fraction of sp³-hybridized carbons (Fsp3) is 0.950. The molecule has 4 heteroatoms. The Bertz CT molecular complexity index is 295. The molecule has 0 fully saturated rings. The van der Waals surface area contributed by atoms with Crippen LogP contribution in [0.25, 0.3) is 0 Å². The third-order valence-electron chi connectivity index (χ3n) is 4.24. The molecule has 0 aromatic carbocycles. The summed E-state index contributed by atoms with van der Waals surface area (Å²) < 4.78 is 11.2. The fourth-order valence-electron chi connectivity index (χ4n) is 2.46. The molecule has 0 spiro atoms. The van der Waals surface area contributed by atoms with Gasteiger partial charge >= 0.3 is 5.97 Å². The summed E-state index contributed by atoms with van der Waals surface area (Å²) >= 11 is 1.53. The fourth-order valence-corrected chi connectivity index (χ4v) is 3.11. The Balaban J connectivity index is 3.60. The summed E-state index contributed by atoms with van der Waals surface area (Å²) in [5.74, 6) is 1.58. The predicted molar refractivity (Wildman–Crippen MR) is 105 cm³/mol. The van der Waals surface area contributed by atoms with E-state index in [-0.39, 0.29) is 11.4 Å². The number of carbonyl (C=O) groups excluding carboxylic acids is 1. The van der Waals surface area contributed by atoms with Crippen molar-refractivity contribution in [2.45, 2.75) is 91.4 Å². The van der Waals surface area contributed by atoms with Crippen LogP contribution in [-0.4, -0.2) is 30.4 Å². The predicted octanol–water partition coefficient (Wildman–Crippen LogP) is 6.06. The summed E-state index contributed by atoms with van der Waals surface area (Å²) in [4.78, 5) is 11.8. The Hall–Kier alpha value is -0.220. The van der Waals surface area contributed by atoms with E-state index in [4.69, 9.17) is 9.47 Å². The van der Waals surface area contributed by atoms with Crippen molar-refractivity contribution in [3.05, 3.63) is 0 Å². The van der Waals surface area contributed by atoms with Gasteiger partial charge in [0.05, 0.1) is 12.4 Å². The molecule has 2 atom stereocenters. The van der Waals surface area contributed by atoms with Gasteiger partial charge in [-0.3, -0.25) is 4.79 Å². The lowest BCUT2D eigenvalue weighted by atomic mass is 10.0. The molecule has 0 aliphatic carbocycles. The number of ether oxygens (including phenoxy) is 2. The first-order chi connectivity index (χ1) is 11.5. The van der Waals surface area contributed by atoms with Gasteiger partial charge in [-0.2, -0.15) is 0 Å². The van der Waals surface area contributed by atoms with Gasteiger partial charge in [0.25, 0.3) is 0 Å². The van der Waals surface area contributed by atoms with Gasteiger partial charge < -0.3 is 9.47 Å². The molecule has 0 radical (unpaired) electrons. The van der Waals surface area contributed by atoms with E-state index in [0.29, 0.717) is 18.3 Å². The molecule has 0 aliphatic rings. The topological polar surface area (TPSA) is 35.5 Å². The van der Waals surface area contributed by atoms with Crippen LogP contribution in [0.5, 0.6) is 0 Å². The van der Waals surface area contributed by atoms with Crippen LogP contribution in [0.3, 0.4) is 0 Å². The molecule has 0 heterocycles. The zero-order valence-electron chi connectivity index (χ0n) is 16.6. The second-order valence-electron chi connectivity index (χ2n) is 7.09. The maximum Gasteiger partial charge on any atom is 0.315 e. The smallest absolute Gasteiger partial charge is 0.315 e. The molecule has 0 bridgehead atoms. The zero-order chi connectivity index (χ0) is 18.2. The van der Waals surface area contributed by atoms with E-state index >= 15 is 0 Å². The lowest BCUT2D eigenvalue weighted by Crippen LogP contribution is -2.17. The molecule has 0 aromatic heterocycles. The van der Waals surface area contributed by atoms with Crippen LogP contribution < -0.4 is 0 Å². The Morgan fingerprint density at radius 1 is 1.00 bits per heavy atom. The molecule has 144 valence electrons. The highest BCUT2D eigenvalue weighted by atomic mass is 32.2. The minimum atomic E-state index is -0.109. The van der Waals surface area contributed by atoms with E-state index in [9.17, 15) is 4.79 Å². The Kier molecular flexibility index (Phi) is 16.1. The zero-order valence-corrected chi connectivity index (χ0v) is 17.5. The van der Waals surface area contributed by atoms with E-state index in [0.717, 1.165) is 31.8 Å². The van der Waals surface area contributed by atoms with Gasteiger partial charge in [-0.05, 0) is 31.6 Å². The molecule has 0 rings (SSSR count). The summed E-state index contributed by atoms with van der Waals surface area (Å²) in [6.07, 6.45) is 9.57. The van der Waals surface area contributed by atoms with Gasteiger partial charge in [0, 0.05) is 6.61 Å². The Morgan fingerprint density at radius 2 is 1.75 bits per heavy atom. The van der Waals surface area contributed by atoms with Crippen molar-refractivity contribution >= 4 is 17.7 Å². The Morgan fingerprint density at radius 3 is 2.38 bits per heavy atom. The van der Waals surface area contributed by atoms with Gasteiger partial charge in [0.1, 0.15) is 5.44 Å². The van der Waals surface area contributed by atoms with Crippen LogP contribution in [0.15, 0.2) is 0 Å². The highest BCUT2D eigenvalue weighted by Crippen LogP contribution is 2.16. The van der Waals surface area contributed by atoms with Crippen LogP contribution in [0.1, 0.15) is 86.0 Å². The molecular formula is C20H40O3S. The molecule has 0 N–H and O–H groups in total. The van der Waals surface area contributed by atoms with Crippen molar-refractivity contribution in [2.24, 2.45) is 11.8 Å². The normalized spacial score (nSPS) is 13.9. The van der Waals surface area contributed by atoms with Crippen molar-refractivity contribution in [1.82, 2.24) is 0 Å². The van der Waals surface area contributed by atoms with E-state index in [1.165, 1.54) is 43.9 Å². The molecule has 0 saturated carbocycles.